The molecule has 3 nitrogen and oxygen atoms in total. The number of halogens is 1. The summed E-state index contributed by atoms with van der Waals surface area (Å²) in [6.07, 6.45) is 0. The second kappa shape index (κ2) is 5.64. The highest BCUT2D eigenvalue weighted by atomic mass is 19.1. The highest BCUT2D eigenvalue weighted by Crippen LogP contribution is 2.22. The van der Waals surface area contributed by atoms with Crippen molar-refractivity contribution in [2.24, 2.45) is 0 Å². The van der Waals surface area contributed by atoms with Gasteiger partial charge in [0.1, 0.15) is 11.5 Å². The quantitative estimate of drug-likeness (QED) is 0.757. The fourth-order valence-corrected chi connectivity index (χ4v) is 2.55. The van der Waals surface area contributed by atoms with Gasteiger partial charge < -0.3 is 10.3 Å². The van der Waals surface area contributed by atoms with E-state index in [9.17, 15) is 9.18 Å². The normalized spacial score (nSPS) is 10.9. The molecule has 3 rings (SSSR count). The van der Waals surface area contributed by atoms with Crippen molar-refractivity contribution in [1.82, 2.24) is 10.3 Å². The highest BCUT2D eigenvalue weighted by molar-refractivity contribution is 6.00. The van der Waals surface area contributed by atoms with Crippen LogP contribution >= 0.6 is 0 Å². The number of H-pyrrole nitrogens is 1. The Bertz CT molecular complexity index is 834. The van der Waals surface area contributed by atoms with Crippen molar-refractivity contribution < 1.29 is 9.18 Å². The van der Waals surface area contributed by atoms with Gasteiger partial charge in [0.05, 0.1) is 0 Å². The molecule has 0 aliphatic carbocycles. The molecule has 0 saturated heterocycles. The van der Waals surface area contributed by atoms with Gasteiger partial charge in [-0.2, -0.15) is 0 Å². The minimum Gasteiger partial charge on any atom is -0.350 e. The molecule has 4 heteroatoms. The molecule has 2 N–H and O–H groups in total. The van der Waals surface area contributed by atoms with Crippen molar-refractivity contribution in [2.45, 2.75) is 20.4 Å². The van der Waals surface area contributed by atoms with Gasteiger partial charge in [0, 0.05) is 17.4 Å². The molecule has 0 saturated carbocycles. The zero-order chi connectivity index (χ0) is 15.7. The molecule has 0 atom stereocenters. The van der Waals surface area contributed by atoms with Gasteiger partial charge in [-0.25, -0.2) is 4.39 Å². The molecule has 22 heavy (non-hydrogen) atoms. The average Bonchev–Trinajstić information content (AvgIpc) is 2.83. The van der Waals surface area contributed by atoms with Gasteiger partial charge in [0.25, 0.3) is 5.91 Å². The van der Waals surface area contributed by atoms with E-state index in [1.54, 1.807) is 12.1 Å². The Morgan fingerprint density at radius 2 is 1.86 bits per heavy atom. The van der Waals surface area contributed by atoms with E-state index >= 15 is 0 Å². The summed E-state index contributed by atoms with van der Waals surface area (Å²) < 4.78 is 12.9. The summed E-state index contributed by atoms with van der Waals surface area (Å²) >= 11 is 0. The standard InChI is InChI=1S/C18H17FN2O/c1-11-3-8-15-12(2)17(21-16(15)9-11)18(22)20-10-13-4-6-14(19)7-5-13/h3-9,21H,10H2,1-2H3,(H,20,22). The van der Waals surface area contributed by atoms with Crippen molar-refractivity contribution in [3.05, 3.63) is 70.7 Å². The molecule has 0 spiro atoms. The number of amides is 1. The number of aromatic amines is 1. The van der Waals surface area contributed by atoms with Crippen LogP contribution in [0, 0.1) is 19.7 Å². The van der Waals surface area contributed by atoms with Crippen LogP contribution in [0.2, 0.25) is 0 Å². The first-order valence-electron chi connectivity index (χ1n) is 7.16. The number of benzene rings is 2. The lowest BCUT2D eigenvalue weighted by Crippen LogP contribution is -2.23. The third-order valence-corrected chi connectivity index (χ3v) is 3.81. The topological polar surface area (TPSA) is 44.9 Å². The Morgan fingerprint density at radius 1 is 1.14 bits per heavy atom. The molecule has 0 aliphatic heterocycles. The van der Waals surface area contributed by atoms with Crippen LogP contribution < -0.4 is 5.32 Å². The Kier molecular flexibility index (Phi) is 3.67. The summed E-state index contributed by atoms with van der Waals surface area (Å²) in [5.74, 6) is -0.437. The summed E-state index contributed by atoms with van der Waals surface area (Å²) in [5, 5.41) is 3.91. The van der Waals surface area contributed by atoms with Gasteiger partial charge in [-0.1, -0.05) is 24.3 Å². The average molecular weight is 296 g/mol. The van der Waals surface area contributed by atoms with Crippen LogP contribution in [0.1, 0.15) is 27.2 Å². The molecule has 0 aliphatic rings. The molecule has 0 fully saturated rings. The lowest BCUT2D eigenvalue weighted by atomic mass is 10.1. The van der Waals surface area contributed by atoms with Crippen molar-refractivity contribution in [3.63, 3.8) is 0 Å². The number of aromatic nitrogens is 1. The minimum absolute atomic E-state index is 0.157. The van der Waals surface area contributed by atoms with E-state index in [2.05, 4.69) is 10.3 Å². The Labute approximate surface area is 128 Å². The first-order valence-corrected chi connectivity index (χ1v) is 7.16. The maximum atomic E-state index is 12.9. The monoisotopic (exact) mass is 296 g/mol. The predicted octanol–water partition coefficient (Wildman–Crippen LogP) is 3.85. The number of aryl methyl sites for hydroxylation is 2. The summed E-state index contributed by atoms with van der Waals surface area (Å²) in [6.45, 7) is 4.32. The zero-order valence-corrected chi connectivity index (χ0v) is 12.5. The molecule has 1 heterocycles. The summed E-state index contributed by atoms with van der Waals surface area (Å²) in [5.41, 5.74) is 4.48. The van der Waals surface area contributed by atoms with Crippen molar-refractivity contribution in [1.29, 1.82) is 0 Å². The van der Waals surface area contributed by atoms with E-state index in [4.69, 9.17) is 0 Å². The van der Waals surface area contributed by atoms with E-state index in [0.717, 1.165) is 27.6 Å². The summed E-state index contributed by atoms with van der Waals surface area (Å²) in [4.78, 5) is 15.5. The molecule has 112 valence electrons. The first kappa shape index (κ1) is 14.3. The third kappa shape index (κ3) is 2.72. The molecular formula is C18H17FN2O. The molecule has 3 aromatic rings. The van der Waals surface area contributed by atoms with Gasteiger partial charge in [-0.3, -0.25) is 4.79 Å². The first-order chi connectivity index (χ1) is 10.5. The van der Waals surface area contributed by atoms with Crippen LogP contribution in [0.3, 0.4) is 0 Å². The third-order valence-electron chi connectivity index (χ3n) is 3.81. The molecule has 0 unspecified atom stereocenters. The smallest absolute Gasteiger partial charge is 0.268 e. The predicted molar refractivity (Wildman–Crippen MR) is 85.3 cm³/mol. The minimum atomic E-state index is -0.281. The maximum absolute atomic E-state index is 12.9. The number of fused-ring (bicyclic) bond motifs is 1. The van der Waals surface area contributed by atoms with E-state index in [1.807, 2.05) is 32.0 Å². The van der Waals surface area contributed by atoms with Crippen LogP contribution in [-0.4, -0.2) is 10.9 Å². The Hall–Kier alpha value is -2.62. The number of nitrogens with one attached hydrogen (secondary N) is 2. The van der Waals surface area contributed by atoms with Crippen molar-refractivity contribution in [2.75, 3.05) is 0 Å². The SMILES string of the molecule is Cc1ccc2c(C)c(C(=O)NCc3ccc(F)cc3)[nH]c2c1. The molecule has 1 aromatic heterocycles. The van der Waals surface area contributed by atoms with Crippen molar-refractivity contribution in [3.8, 4) is 0 Å². The fraction of sp³-hybridized carbons (Fsp3) is 0.167. The van der Waals surface area contributed by atoms with E-state index < -0.39 is 0 Å². The number of hydrogen-bond acceptors (Lipinski definition) is 1. The molecule has 2 aromatic carbocycles. The van der Waals surface area contributed by atoms with E-state index in [1.165, 1.54) is 12.1 Å². The summed E-state index contributed by atoms with van der Waals surface area (Å²) in [6, 6.07) is 12.2. The number of carbonyl (C=O) groups excluding carboxylic acids is 1. The van der Waals surface area contributed by atoms with Crippen LogP contribution in [0.25, 0.3) is 10.9 Å². The molecule has 1 amide bonds. The van der Waals surface area contributed by atoms with Crippen LogP contribution in [0.5, 0.6) is 0 Å². The van der Waals surface area contributed by atoms with Gasteiger partial charge in [-0.05, 0) is 48.7 Å². The molecule has 0 radical (unpaired) electrons. The van der Waals surface area contributed by atoms with E-state index in [-0.39, 0.29) is 11.7 Å². The van der Waals surface area contributed by atoms with E-state index in [0.29, 0.717) is 12.2 Å². The molecular weight excluding hydrogens is 279 g/mol. The van der Waals surface area contributed by atoms with Crippen LogP contribution in [-0.2, 0) is 6.54 Å². The molecule has 0 bridgehead atoms. The van der Waals surface area contributed by atoms with Gasteiger partial charge in [0.15, 0.2) is 0 Å². The van der Waals surface area contributed by atoms with Crippen molar-refractivity contribution >= 4 is 16.8 Å². The highest BCUT2D eigenvalue weighted by Gasteiger charge is 2.14. The lowest BCUT2D eigenvalue weighted by molar-refractivity contribution is 0.0946. The number of hydrogen-bond donors (Lipinski definition) is 2. The number of carbonyl (C=O) groups is 1. The lowest BCUT2D eigenvalue weighted by Gasteiger charge is -2.05. The van der Waals surface area contributed by atoms with Crippen LogP contribution in [0.15, 0.2) is 42.5 Å². The fourth-order valence-electron chi connectivity index (χ4n) is 2.55. The second-order valence-electron chi connectivity index (χ2n) is 5.48. The Balaban J connectivity index is 1.80. The maximum Gasteiger partial charge on any atom is 0.268 e. The Morgan fingerprint density at radius 3 is 2.59 bits per heavy atom. The largest absolute Gasteiger partial charge is 0.350 e. The summed E-state index contributed by atoms with van der Waals surface area (Å²) in [7, 11) is 0. The van der Waals surface area contributed by atoms with Crippen LogP contribution in [0.4, 0.5) is 4.39 Å². The second-order valence-corrected chi connectivity index (χ2v) is 5.48. The number of rotatable bonds is 3. The zero-order valence-electron chi connectivity index (χ0n) is 12.5. The van der Waals surface area contributed by atoms with Gasteiger partial charge >= 0.3 is 0 Å². The van der Waals surface area contributed by atoms with Gasteiger partial charge in [-0.15, -0.1) is 0 Å². The van der Waals surface area contributed by atoms with Gasteiger partial charge in [0.2, 0.25) is 0 Å².